The molecule has 0 saturated heterocycles. The molecule has 3 aromatic carbocycles. The zero-order valence-corrected chi connectivity index (χ0v) is 28.9. The SMILES string of the molecule is CC(C)(C)c1ccc(P)cc1.CCCCCCCCCOc1ccc(Sc2ccccc2)cc1.F.F.F.O=S(=O)(O)C(F)(F)F. The smallest absolute Gasteiger partial charge is 0.494 e. The average molecular weight is 705 g/mol. The van der Waals surface area contributed by atoms with Crippen molar-refractivity contribution >= 4 is 36.4 Å². The van der Waals surface area contributed by atoms with Gasteiger partial charge in [0.25, 0.3) is 0 Å². The summed E-state index contributed by atoms with van der Waals surface area (Å²) in [6.07, 6.45) is 9.25. The number of ether oxygens (including phenoxy) is 1. The van der Waals surface area contributed by atoms with Gasteiger partial charge in [-0.05, 0) is 59.1 Å². The number of hydrogen-bond acceptors (Lipinski definition) is 4. The predicted octanol–water partition coefficient (Wildman–Crippen LogP) is 10.3. The van der Waals surface area contributed by atoms with E-state index in [-0.39, 0.29) is 19.5 Å². The fourth-order valence-electron chi connectivity index (χ4n) is 3.46. The predicted molar refractivity (Wildman–Crippen MR) is 180 cm³/mol. The molecule has 1 atom stereocenters. The first-order chi connectivity index (χ1) is 19.6. The zero-order chi connectivity index (χ0) is 31.7. The topological polar surface area (TPSA) is 63.6 Å². The van der Waals surface area contributed by atoms with Crippen LogP contribution in [0.5, 0.6) is 5.75 Å². The second kappa shape index (κ2) is 24.0. The molecule has 1 N–H and O–H groups in total. The molecule has 0 spiro atoms. The maximum absolute atomic E-state index is 10.7. The fourth-order valence-corrected chi connectivity index (χ4v) is 4.49. The van der Waals surface area contributed by atoms with E-state index in [0.29, 0.717) is 0 Å². The van der Waals surface area contributed by atoms with Crippen molar-refractivity contribution < 1.29 is 45.0 Å². The standard InChI is InChI=1S/C21H28OS.C10H15P.CHF3O3S.3FH/c1-2-3-4-5-6-7-11-18-22-19-14-16-21(17-15-19)23-20-12-9-8-10-13-20;1-10(2,3)8-4-6-9(11)7-5-8;2-1(3,4)8(5,6)7;;;/h8-10,12-17H,2-7,11,18H2,1H3;4-7H,11H2,1-3H3;(H,5,6,7);3*1H. The Hall–Kier alpha value is -2.27. The lowest BCUT2D eigenvalue weighted by Gasteiger charge is -2.18. The van der Waals surface area contributed by atoms with E-state index in [1.165, 1.54) is 59.2 Å². The van der Waals surface area contributed by atoms with Gasteiger partial charge in [0.05, 0.1) is 6.61 Å². The number of unbranched alkanes of at least 4 members (excludes halogenated alkanes) is 6. The van der Waals surface area contributed by atoms with Crippen molar-refractivity contribution in [3.63, 3.8) is 0 Å². The molecule has 45 heavy (non-hydrogen) atoms. The molecule has 0 amide bonds. The molecule has 0 radical (unpaired) electrons. The summed E-state index contributed by atoms with van der Waals surface area (Å²) < 4.78 is 63.4. The molecule has 0 saturated carbocycles. The Morgan fingerprint density at radius 1 is 0.733 bits per heavy atom. The van der Waals surface area contributed by atoms with E-state index < -0.39 is 15.6 Å². The minimum absolute atomic E-state index is 0. The summed E-state index contributed by atoms with van der Waals surface area (Å²) >= 11 is 1.78. The number of benzene rings is 3. The van der Waals surface area contributed by atoms with E-state index in [9.17, 15) is 13.2 Å². The molecule has 3 aromatic rings. The molecular formula is C32H47F6O4PS2. The lowest BCUT2D eigenvalue weighted by Crippen LogP contribution is -2.21. The Morgan fingerprint density at radius 2 is 1.18 bits per heavy atom. The van der Waals surface area contributed by atoms with Gasteiger partial charge in [-0.1, -0.05) is 120 Å². The van der Waals surface area contributed by atoms with Gasteiger partial charge in [0, 0.05) is 9.79 Å². The third-order valence-electron chi connectivity index (χ3n) is 5.89. The van der Waals surface area contributed by atoms with Crippen LogP contribution in [0, 0.1) is 0 Å². The van der Waals surface area contributed by atoms with Crippen LogP contribution in [0.4, 0.5) is 27.3 Å². The van der Waals surface area contributed by atoms with E-state index in [2.05, 4.69) is 110 Å². The van der Waals surface area contributed by atoms with E-state index >= 15 is 0 Å². The molecule has 0 aromatic heterocycles. The van der Waals surface area contributed by atoms with Crippen molar-refractivity contribution in [2.24, 2.45) is 0 Å². The van der Waals surface area contributed by atoms with E-state index in [1.807, 2.05) is 6.07 Å². The fraction of sp³-hybridized carbons (Fsp3) is 0.438. The second-order valence-corrected chi connectivity index (χ2v) is 13.9. The Kier molecular flexibility index (Phi) is 25.1. The van der Waals surface area contributed by atoms with E-state index in [0.717, 1.165) is 18.8 Å². The van der Waals surface area contributed by atoms with Crippen LogP contribution in [0.15, 0.2) is 88.7 Å². The van der Waals surface area contributed by atoms with Gasteiger partial charge in [-0.2, -0.15) is 21.6 Å². The molecule has 1 unspecified atom stereocenters. The molecule has 13 heteroatoms. The van der Waals surface area contributed by atoms with Crippen molar-refractivity contribution in [1.82, 2.24) is 0 Å². The molecule has 0 fully saturated rings. The largest absolute Gasteiger partial charge is 0.522 e. The van der Waals surface area contributed by atoms with Crippen molar-refractivity contribution in [3.05, 3.63) is 84.4 Å². The van der Waals surface area contributed by atoms with Crippen molar-refractivity contribution in [1.29, 1.82) is 0 Å². The van der Waals surface area contributed by atoms with Crippen LogP contribution in [0.25, 0.3) is 0 Å². The molecule has 0 heterocycles. The summed E-state index contributed by atoms with van der Waals surface area (Å²) in [7, 11) is -3.15. The Balaban J connectivity index is -0.000000674. The van der Waals surface area contributed by atoms with Gasteiger partial charge in [0.1, 0.15) is 5.75 Å². The molecule has 0 aliphatic carbocycles. The average Bonchev–Trinajstić information content (AvgIpc) is 2.91. The monoisotopic (exact) mass is 704 g/mol. The number of alkyl halides is 3. The van der Waals surface area contributed by atoms with Crippen LogP contribution < -0.4 is 10.0 Å². The van der Waals surface area contributed by atoms with E-state index in [4.69, 9.17) is 17.7 Å². The summed E-state index contributed by atoms with van der Waals surface area (Å²) in [5, 5.41) is 1.25. The van der Waals surface area contributed by atoms with Gasteiger partial charge < -0.3 is 4.74 Å². The maximum atomic E-state index is 10.7. The van der Waals surface area contributed by atoms with Crippen LogP contribution in [-0.4, -0.2) is 25.1 Å². The third kappa shape index (κ3) is 22.0. The number of halogens is 6. The van der Waals surface area contributed by atoms with Gasteiger partial charge in [0.2, 0.25) is 0 Å². The molecular weight excluding hydrogens is 657 g/mol. The summed E-state index contributed by atoms with van der Waals surface area (Å²) in [4.78, 5) is 2.52. The van der Waals surface area contributed by atoms with Crippen LogP contribution >= 0.6 is 21.0 Å². The lowest BCUT2D eigenvalue weighted by molar-refractivity contribution is -0.0510. The summed E-state index contributed by atoms with van der Waals surface area (Å²) in [5.74, 6) is 0.980. The maximum Gasteiger partial charge on any atom is 0.522 e. The molecule has 0 bridgehead atoms. The van der Waals surface area contributed by atoms with Crippen molar-refractivity contribution in [3.8, 4) is 5.75 Å². The highest BCUT2D eigenvalue weighted by Gasteiger charge is 2.44. The molecule has 0 aliphatic rings. The van der Waals surface area contributed by atoms with Crippen LogP contribution in [0.2, 0.25) is 0 Å². The van der Waals surface area contributed by atoms with E-state index in [1.54, 1.807) is 11.8 Å². The van der Waals surface area contributed by atoms with Crippen molar-refractivity contribution in [2.45, 2.75) is 93.4 Å². The highest BCUT2D eigenvalue weighted by Crippen LogP contribution is 2.28. The van der Waals surface area contributed by atoms with Crippen LogP contribution in [0.3, 0.4) is 0 Å². The molecule has 3 rings (SSSR count). The Labute approximate surface area is 271 Å². The highest BCUT2D eigenvalue weighted by molar-refractivity contribution is 7.99. The van der Waals surface area contributed by atoms with Gasteiger partial charge in [0.15, 0.2) is 0 Å². The van der Waals surface area contributed by atoms with Crippen molar-refractivity contribution in [2.75, 3.05) is 6.61 Å². The zero-order valence-electron chi connectivity index (χ0n) is 26.1. The van der Waals surface area contributed by atoms with Gasteiger partial charge in [-0.25, -0.2) is 0 Å². The number of rotatable bonds is 11. The first-order valence-corrected chi connectivity index (χ1v) is 16.8. The van der Waals surface area contributed by atoms with Gasteiger partial charge in [-0.15, -0.1) is 9.24 Å². The first kappa shape index (κ1) is 47.1. The molecule has 0 aliphatic heterocycles. The highest BCUT2D eigenvalue weighted by atomic mass is 32.2. The van der Waals surface area contributed by atoms with Crippen LogP contribution in [0.1, 0.15) is 78.2 Å². The minimum Gasteiger partial charge on any atom is -0.494 e. The third-order valence-corrected chi connectivity index (χ3v) is 7.87. The van der Waals surface area contributed by atoms with Crippen LogP contribution in [-0.2, 0) is 15.5 Å². The lowest BCUT2D eigenvalue weighted by atomic mass is 9.87. The molecule has 258 valence electrons. The Bertz CT molecular complexity index is 1240. The first-order valence-electron chi connectivity index (χ1n) is 14.0. The quantitative estimate of drug-likeness (QED) is 0.0708. The molecule has 4 nitrogen and oxygen atoms in total. The summed E-state index contributed by atoms with van der Waals surface area (Å²) in [6, 6.07) is 27.5. The normalized spacial score (nSPS) is 10.8. The second-order valence-electron chi connectivity index (χ2n) is 10.6. The summed E-state index contributed by atoms with van der Waals surface area (Å²) in [6.45, 7) is 9.77. The Morgan fingerprint density at radius 3 is 1.62 bits per heavy atom. The van der Waals surface area contributed by atoms with Gasteiger partial charge in [-0.3, -0.25) is 18.7 Å². The minimum atomic E-state index is -5.84. The number of hydrogen-bond donors (Lipinski definition) is 1. The van der Waals surface area contributed by atoms with Gasteiger partial charge >= 0.3 is 15.6 Å². The summed E-state index contributed by atoms with van der Waals surface area (Å²) in [5.41, 5.74) is -3.87.